The zero-order valence-corrected chi connectivity index (χ0v) is 21.2. The predicted molar refractivity (Wildman–Crippen MR) is 142 cm³/mol. The number of rotatable bonds is 9. The van der Waals surface area contributed by atoms with E-state index in [1.807, 2.05) is 37.4 Å². The fourth-order valence-corrected chi connectivity index (χ4v) is 5.08. The summed E-state index contributed by atoms with van der Waals surface area (Å²) in [7, 11) is 0. The maximum absolute atomic E-state index is 11.9. The Bertz CT molecular complexity index is 1440. The highest BCUT2D eigenvalue weighted by molar-refractivity contribution is 5.84. The van der Waals surface area contributed by atoms with Crippen molar-refractivity contribution in [1.82, 2.24) is 14.6 Å². The molecule has 1 aliphatic heterocycles. The number of piperidine rings is 1. The third-order valence-corrected chi connectivity index (χ3v) is 7.44. The van der Waals surface area contributed by atoms with Crippen molar-refractivity contribution in [2.24, 2.45) is 5.92 Å². The minimum absolute atomic E-state index is 0.0671. The Balaban J connectivity index is 1.12. The molecule has 3 heterocycles. The van der Waals surface area contributed by atoms with Gasteiger partial charge in [0, 0.05) is 36.3 Å². The van der Waals surface area contributed by atoms with Crippen LogP contribution in [-0.2, 0) is 19.6 Å². The number of hydrogen-bond acceptors (Lipinski definition) is 6. The van der Waals surface area contributed by atoms with Gasteiger partial charge < -0.3 is 18.7 Å². The number of nitrogens with zero attached hydrogens (tertiary/aromatic N) is 4. The van der Waals surface area contributed by atoms with Gasteiger partial charge >= 0.3 is 0 Å². The van der Waals surface area contributed by atoms with Crippen molar-refractivity contribution in [3.63, 3.8) is 0 Å². The van der Waals surface area contributed by atoms with Crippen molar-refractivity contribution >= 4 is 11.0 Å². The second-order valence-corrected chi connectivity index (χ2v) is 9.85. The van der Waals surface area contributed by atoms with Crippen molar-refractivity contribution in [2.75, 3.05) is 19.6 Å². The molecule has 2 aromatic carbocycles. The molecular weight excluding hydrogens is 464 g/mol. The summed E-state index contributed by atoms with van der Waals surface area (Å²) >= 11 is 0. The van der Waals surface area contributed by atoms with E-state index in [0.29, 0.717) is 18.1 Å². The molecule has 1 saturated heterocycles. The van der Waals surface area contributed by atoms with E-state index in [2.05, 4.69) is 22.2 Å². The zero-order chi connectivity index (χ0) is 25.6. The molecule has 7 nitrogen and oxygen atoms in total. The largest absolute Gasteiger partial charge is 0.488 e. The first-order valence-corrected chi connectivity index (χ1v) is 13.0. The fraction of sp³-hybridized carbons (Fsp3) is 0.367. The standard InChI is InChI=1S/C30H32N4O3/c1-22-28(36-21-25-7-5-24(20-31)6-8-25)12-10-26-27(32-37-30(22)26)11-9-23-13-16-33(17-14-23)18-19-34-15-3-2-4-29(34)35/h2-8,10,12,15,23H,9,11,13-14,16-19,21H2,1H3. The maximum Gasteiger partial charge on any atom is 0.250 e. The molecule has 0 radical (unpaired) electrons. The number of pyridine rings is 1. The highest BCUT2D eigenvalue weighted by Gasteiger charge is 2.21. The third kappa shape index (κ3) is 5.92. The van der Waals surface area contributed by atoms with Crippen LogP contribution in [0.15, 0.2) is 70.1 Å². The lowest BCUT2D eigenvalue weighted by molar-refractivity contribution is 0.173. The van der Waals surface area contributed by atoms with E-state index in [9.17, 15) is 4.79 Å². The zero-order valence-electron chi connectivity index (χ0n) is 21.2. The fourth-order valence-electron chi connectivity index (χ4n) is 5.08. The van der Waals surface area contributed by atoms with Gasteiger partial charge in [0.1, 0.15) is 12.4 Å². The summed E-state index contributed by atoms with van der Waals surface area (Å²) in [4.78, 5) is 14.4. The van der Waals surface area contributed by atoms with Crippen molar-refractivity contribution in [3.8, 4) is 11.8 Å². The summed E-state index contributed by atoms with van der Waals surface area (Å²) in [5.74, 6) is 1.46. The molecule has 1 fully saturated rings. The van der Waals surface area contributed by atoms with Crippen molar-refractivity contribution < 1.29 is 9.26 Å². The van der Waals surface area contributed by atoms with Gasteiger partial charge in [-0.25, -0.2) is 0 Å². The summed E-state index contributed by atoms with van der Waals surface area (Å²) < 4.78 is 13.6. The van der Waals surface area contributed by atoms with Crippen LogP contribution in [0.25, 0.3) is 11.0 Å². The van der Waals surface area contributed by atoms with E-state index >= 15 is 0 Å². The first-order valence-electron chi connectivity index (χ1n) is 13.0. The molecular formula is C30H32N4O3. The molecule has 190 valence electrons. The number of nitriles is 1. The highest BCUT2D eigenvalue weighted by atomic mass is 16.5. The minimum atomic E-state index is 0.0671. The Morgan fingerprint density at radius 1 is 1.08 bits per heavy atom. The lowest BCUT2D eigenvalue weighted by Gasteiger charge is -2.32. The highest BCUT2D eigenvalue weighted by Crippen LogP contribution is 2.31. The Kier molecular flexibility index (Phi) is 7.67. The van der Waals surface area contributed by atoms with Gasteiger partial charge in [-0.05, 0) is 87.5 Å². The van der Waals surface area contributed by atoms with Gasteiger partial charge in [0.15, 0.2) is 5.58 Å². The summed E-state index contributed by atoms with van der Waals surface area (Å²) in [6.07, 6.45) is 6.22. The van der Waals surface area contributed by atoms with Gasteiger partial charge in [0.2, 0.25) is 0 Å². The molecule has 0 amide bonds. The van der Waals surface area contributed by atoms with E-state index in [0.717, 1.165) is 72.6 Å². The second-order valence-electron chi connectivity index (χ2n) is 9.85. The quantitative estimate of drug-likeness (QED) is 0.321. The molecule has 5 rings (SSSR count). The van der Waals surface area contributed by atoms with Gasteiger partial charge in [0.05, 0.1) is 17.3 Å². The normalized spacial score (nSPS) is 14.6. The second kappa shape index (κ2) is 11.4. The molecule has 7 heteroatoms. The number of fused-ring (bicyclic) bond motifs is 1. The summed E-state index contributed by atoms with van der Waals surface area (Å²) in [5, 5.41) is 14.4. The molecule has 0 bridgehead atoms. The van der Waals surface area contributed by atoms with Crippen LogP contribution < -0.4 is 10.3 Å². The Hall–Kier alpha value is -3.89. The van der Waals surface area contributed by atoms with Gasteiger partial charge in [-0.15, -0.1) is 0 Å². The van der Waals surface area contributed by atoms with Crippen molar-refractivity contribution in [3.05, 3.63) is 93.5 Å². The van der Waals surface area contributed by atoms with E-state index in [1.165, 1.54) is 12.8 Å². The molecule has 0 atom stereocenters. The molecule has 37 heavy (non-hydrogen) atoms. The van der Waals surface area contributed by atoms with Gasteiger partial charge in [0.25, 0.3) is 5.56 Å². The van der Waals surface area contributed by atoms with Crippen molar-refractivity contribution in [1.29, 1.82) is 5.26 Å². The van der Waals surface area contributed by atoms with E-state index < -0.39 is 0 Å². The summed E-state index contributed by atoms with van der Waals surface area (Å²) in [5.41, 5.74) is 4.48. The van der Waals surface area contributed by atoms with Crippen LogP contribution in [0.5, 0.6) is 5.75 Å². The lowest BCUT2D eigenvalue weighted by Crippen LogP contribution is -2.37. The monoisotopic (exact) mass is 496 g/mol. The maximum atomic E-state index is 11.9. The molecule has 1 aliphatic rings. The molecule has 0 spiro atoms. The number of hydrogen-bond donors (Lipinski definition) is 0. The van der Waals surface area contributed by atoms with Gasteiger partial charge in [-0.3, -0.25) is 4.79 Å². The first-order chi connectivity index (χ1) is 18.1. The van der Waals surface area contributed by atoms with E-state index in [4.69, 9.17) is 14.5 Å². The molecule has 0 N–H and O–H groups in total. The Morgan fingerprint density at radius 3 is 2.65 bits per heavy atom. The predicted octanol–water partition coefficient (Wildman–Crippen LogP) is 5.09. The van der Waals surface area contributed by atoms with E-state index in [1.54, 1.807) is 28.8 Å². The molecule has 4 aromatic rings. The Morgan fingerprint density at radius 2 is 1.89 bits per heavy atom. The number of likely N-dealkylation sites (tertiary alicyclic amines) is 1. The van der Waals surface area contributed by atoms with Crippen LogP contribution in [0, 0.1) is 24.2 Å². The molecule has 2 aromatic heterocycles. The van der Waals surface area contributed by atoms with E-state index in [-0.39, 0.29) is 5.56 Å². The topological polar surface area (TPSA) is 84.3 Å². The SMILES string of the molecule is Cc1c(OCc2ccc(C#N)cc2)ccc2c(CCC3CCN(CCn4ccccc4=O)CC3)noc12. The third-order valence-electron chi connectivity index (χ3n) is 7.44. The average Bonchev–Trinajstić information content (AvgIpc) is 3.36. The Labute approximate surface area is 216 Å². The number of ether oxygens (including phenoxy) is 1. The van der Waals surface area contributed by atoms with Crippen LogP contribution >= 0.6 is 0 Å². The first kappa shape index (κ1) is 24.8. The average molecular weight is 497 g/mol. The van der Waals surface area contributed by atoms with Crippen LogP contribution in [0.2, 0.25) is 0 Å². The lowest BCUT2D eigenvalue weighted by atomic mass is 9.91. The van der Waals surface area contributed by atoms with Crippen molar-refractivity contribution in [2.45, 2.75) is 45.8 Å². The number of aromatic nitrogens is 2. The van der Waals surface area contributed by atoms with Crippen LogP contribution in [-0.4, -0.2) is 34.3 Å². The smallest absolute Gasteiger partial charge is 0.250 e. The van der Waals surface area contributed by atoms with Crippen LogP contribution in [0.3, 0.4) is 0 Å². The number of aryl methyl sites for hydroxylation is 2. The summed E-state index contributed by atoms with van der Waals surface area (Å²) in [6, 6.07) is 18.9. The molecule has 0 unspecified atom stereocenters. The number of benzene rings is 2. The summed E-state index contributed by atoms with van der Waals surface area (Å²) in [6.45, 7) is 6.24. The molecule has 0 aliphatic carbocycles. The van der Waals surface area contributed by atoms with Gasteiger partial charge in [-0.1, -0.05) is 23.4 Å². The van der Waals surface area contributed by atoms with Crippen LogP contribution in [0.1, 0.15) is 41.6 Å². The van der Waals surface area contributed by atoms with Crippen LogP contribution in [0.4, 0.5) is 0 Å². The molecule has 0 saturated carbocycles. The minimum Gasteiger partial charge on any atom is -0.488 e. The van der Waals surface area contributed by atoms with Gasteiger partial charge in [-0.2, -0.15) is 5.26 Å².